The fourth-order valence-electron chi connectivity index (χ4n) is 2.36. The van der Waals surface area contributed by atoms with E-state index in [9.17, 15) is 5.11 Å². The molecule has 1 rings (SSSR count). The van der Waals surface area contributed by atoms with Crippen molar-refractivity contribution >= 4 is 20.6 Å². The quantitative estimate of drug-likeness (QED) is 0.428. The van der Waals surface area contributed by atoms with Gasteiger partial charge in [-0.15, -0.1) is 0 Å². The molecular formula is C17H30O4SSi. The maximum Gasteiger partial charge on any atom is 0.500 e. The predicted molar refractivity (Wildman–Crippen MR) is 98.8 cm³/mol. The number of aliphatic hydroxyl groups excluding tert-OH is 1. The van der Waals surface area contributed by atoms with E-state index in [0.717, 1.165) is 23.8 Å². The molecule has 1 atom stereocenters. The van der Waals surface area contributed by atoms with Crippen molar-refractivity contribution in [1.82, 2.24) is 0 Å². The maximum atomic E-state index is 10.1. The summed E-state index contributed by atoms with van der Waals surface area (Å²) in [6, 6.07) is 10.6. The van der Waals surface area contributed by atoms with E-state index >= 15 is 0 Å². The topological polar surface area (TPSA) is 47.9 Å². The summed E-state index contributed by atoms with van der Waals surface area (Å²) in [5.74, 6) is 1.67. The number of aliphatic hydroxyl groups is 1. The largest absolute Gasteiger partial charge is 0.500 e. The van der Waals surface area contributed by atoms with Crippen molar-refractivity contribution in [3.05, 3.63) is 35.9 Å². The first-order valence-electron chi connectivity index (χ1n) is 8.40. The van der Waals surface area contributed by atoms with Crippen LogP contribution >= 0.6 is 11.8 Å². The van der Waals surface area contributed by atoms with Crippen molar-refractivity contribution in [2.24, 2.45) is 0 Å². The molecule has 132 valence electrons. The molecular weight excluding hydrogens is 328 g/mol. The summed E-state index contributed by atoms with van der Waals surface area (Å²) >= 11 is 1.76. The number of hydrogen-bond donors (Lipinski definition) is 1. The van der Waals surface area contributed by atoms with Crippen LogP contribution < -0.4 is 0 Å². The number of benzene rings is 1. The molecule has 0 radical (unpaired) electrons. The molecule has 0 aliphatic rings. The summed E-state index contributed by atoms with van der Waals surface area (Å²) in [7, 11) is -2.51. The van der Waals surface area contributed by atoms with Gasteiger partial charge in [0.2, 0.25) is 0 Å². The first-order chi connectivity index (χ1) is 11.2. The molecule has 1 aromatic carbocycles. The van der Waals surface area contributed by atoms with E-state index in [-0.39, 0.29) is 0 Å². The highest BCUT2D eigenvalue weighted by molar-refractivity contribution is 7.99. The number of rotatable bonds is 13. The summed E-state index contributed by atoms with van der Waals surface area (Å²) in [4.78, 5) is 0. The number of thioether (sulfide) groups is 1. The van der Waals surface area contributed by atoms with E-state index in [1.54, 1.807) is 11.8 Å². The zero-order chi connectivity index (χ0) is 17.0. The molecule has 0 aliphatic carbocycles. The Labute approximate surface area is 145 Å². The lowest BCUT2D eigenvalue weighted by atomic mass is 10.1. The monoisotopic (exact) mass is 358 g/mol. The summed E-state index contributed by atoms with van der Waals surface area (Å²) in [5.41, 5.74) is 0.974. The lowest BCUT2D eigenvalue weighted by Gasteiger charge is -2.28. The van der Waals surface area contributed by atoms with Gasteiger partial charge in [-0.25, -0.2) is 0 Å². The van der Waals surface area contributed by atoms with Gasteiger partial charge in [0.05, 0.1) is 6.10 Å². The fraction of sp³-hybridized carbons (Fsp3) is 0.647. The van der Waals surface area contributed by atoms with Crippen LogP contribution in [0.2, 0.25) is 6.04 Å². The van der Waals surface area contributed by atoms with E-state index in [1.807, 2.05) is 51.1 Å². The standard InChI is InChI=1S/C17H30O4SSi/c1-4-19-23(20-5-2,21-6-3)14-10-13-22-15-17(18)16-11-8-7-9-12-16/h7-9,11-12,17-18H,4-6,10,13-15H2,1-3H3/t17-/m0/s1. The van der Waals surface area contributed by atoms with E-state index in [0.29, 0.717) is 25.6 Å². The molecule has 0 aliphatic heterocycles. The van der Waals surface area contributed by atoms with Crippen LogP contribution in [0.25, 0.3) is 0 Å². The number of hydrogen-bond acceptors (Lipinski definition) is 5. The Balaban J connectivity index is 2.33. The van der Waals surface area contributed by atoms with Crippen molar-refractivity contribution < 1.29 is 18.4 Å². The fourth-order valence-corrected chi connectivity index (χ4v) is 6.16. The van der Waals surface area contributed by atoms with Crippen molar-refractivity contribution in [2.45, 2.75) is 39.3 Å². The molecule has 0 aromatic heterocycles. The molecule has 0 spiro atoms. The van der Waals surface area contributed by atoms with Crippen LogP contribution in [0.1, 0.15) is 38.9 Å². The zero-order valence-electron chi connectivity index (χ0n) is 14.5. The minimum Gasteiger partial charge on any atom is -0.388 e. The Hall–Kier alpha value is -0.373. The van der Waals surface area contributed by atoms with Gasteiger partial charge >= 0.3 is 8.80 Å². The van der Waals surface area contributed by atoms with Gasteiger partial charge in [-0.3, -0.25) is 0 Å². The van der Waals surface area contributed by atoms with Gasteiger partial charge in [0.15, 0.2) is 0 Å². The third kappa shape index (κ3) is 7.83. The third-order valence-electron chi connectivity index (χ3n) is 3.32. The molecule has 0 fully saturated rings. The Morgan fingerprint density at radius 2 is 1.57 bits per heavy atom. The van der Waals surface area contributed by atoms with Crippen LogP contribution in [0.5, 0.6) is 0 Å². The smallest absolute Gasteiger partial charge is 0.388 e. The Morgan fingerprint density at radius 1 is 1.00 bits per heavy atom. The van der Waals surface area contributed by atoms with E-state index in [4.69, 9.17) is 13.3 Å². The average Bonchev–Trinajstić information content (AvgIpc) is 2.56. The Kier molecular flexibility index (Phi) is 10.8. The van der Waals surface area contributed by atoms with Gasteiger partial charge in [0.1, 0.15) is 0 Å². The van der Waals surface area contributed by atoms with Gasteiger partial charge < -0.3 is 18.4 Å². The molecule has 23 heavy (non-hydrogen) atoms. The lowest BCUT2D eigenvalue weighted by Crippen LogP contribution is -2.46. The van der Waals surface area contributed by atoms with Crippen LogP contribution in [0.15, 0.2) is 30.3 Å². The van der Waals surface area contributed by atoms with Crippen LogP contribution in [0.4, 0.5) is 0 Å². The van der Waals surface area contributed by atoms with Crippen LogP contribution in [0, 0.1) is 0 Å². The lowest BCUT2D eigenvalue weighted by molar-refractivity contribution is 0.0712. The molecule has 6 heteroatoms. The summed E-state index contributed by atoms with van der Waals surface area (Å²) in [5, 5.41) is 10.1. The van der Waals surface area contributed by atoms with E-state index < -0.39 is 14.9 Å². The summed E-state index contributed by atoms with van der Waals surface area (Å²) < 4.78 is 17.5. The van der Waals surface area contributed by atoms with E-state index in [1.165, 1.54) is 0 Å². The summed E-state index contributed by atoms with van der Waals surface area (Å²) in [6.45, 7) is 7.78. The highest BCUT2D eigenvalue weighted by Crippen LogP contribution is 2.22. The highest BCUT2D eigenvalue weighted by Gasteiger charge is 2.39. The normalized spacial score (nSPS) is 13.2. The molecule has 0 saturated carbocycles. The Bertz CT molecular complexity index is 388. The van der Waals surface area contributed by atoms with Crippen molar-refractivity contribution in [2.75, 3.05) is 31.3 Å². The molecule has 0 bridgehead atoms. The molecule has 4 nitrogen and oxygen atoms in total. The van der Waals surface area contributed by atoms with Crippen LogP contribution in [0.3, 0.4) is 0 Å². The highest BCUT2D eigenvalue weighted by atomic mass is 32.2. The molecule has 0 amide bonds. The second-order valence-electron chi connectivity index (χ2n) is 5.09. The first-order valence-corrected chi connectivity index (χ1v) is 11.5. The van der Waals surface area contributed by atoms with Gasteiger partial charge in [0.25, 0.3) is 0 Å². The van der Waals surface area contributed by atoms with Gasteiger partial charge in [0, 0.05) is 31.6 Å². The van der Waals surface area contributed by atoms with Gasteiger partial charge in [-0.05, 0) is 38.5 Å². The van der Waals surface area contributed by atoms with E-state index in [2.05, 4.69) is 0 Å². The molecule has 0 saturated heterocycles. The van der Waals surface area contributed by atoms with Gasteiger partial charge in [-0.2, -0.15) is 11.8 Å². The zero-order valence-corrected chi connectivity index (χ0v) is 16.3. The first kappa shape index (κ1) is 20.7. The average molecular weight is 359 g/mol. The molecule has 1 N–H and O–H groups in total. The summed E-state index contributed by atoms with van der Waals surface area (Å²) in [6.07, 6.45) is 0.562. The van der Waals surface area contributed by atoms with Crippen LogP contribution in [-0.2, 0) is 13.3 Å². The predicted octanol–water partition coefficient (Wildman–Crippen LogP) is 3.89. The van der Waals surface area contributed by atoms with Crippen molar-refractivity contribution in [3.8, 4) is 0 Å². The van der Waals surface area contributed by atoms with Crippen molar-refractivity contribution in [3.63, 3.8) is 0 Å². The molecule has 1 aromatic rings. The minimum atomic E-state index is -2.51. The second-order valence-corrected chi connectivity index (χ2v) is 8.97. The maximum absolute atomic E-state index is 10.1. The molecule has 0 unspecified atom stereocenters. The SMILES string of the molecule is CCO[Si](CCCSC[C@H](O)c1ccccc1)(OCC)OCC. The van der Waals surface area contributed by atoms with Crippen LogP contribution in [-0.4, -0.2) is 45.2 Å². The van der Waals surface area contributed by atoms with Crippen molar-refractivity contribution in [1.29, 1.82) is 0 Å². The van der Waals surface area contributed by atoms with Gasteiger partial charge in [-0.1, -0.05) is 30.3 Å². The second kappa shape index (κ2) is 12.1. The molecule has 0 heterocycles. The third-order valence-corrected chi connectivity index (χ3v) is 7.60. The Morgan fingerprint density at radius 3 is 2.09 bits per heavy atom. The minimum absolute atomic E-state index is 0.408.